The molecule has 0 fully saturated rings. The molecule has 0 aliphatic heterocycles. The maximum atomic E-state index is 12.3. The molecule has 0 aliphatic rings. The van der Waals surface area contributed by atoms with Crippen molar-refractivity contribution in [1.82, 2.24) is 5.32 Å². The molecular weight excluding hydrogens is 414 g/mol. The molecular formula is C19H20BrN3O2S. The second-order valence-corrected chi connectivity index (χ2v) is 7.36. The first-order valence-corrected chi connectivity index (χ1v) is 9.26. The van der Waals surface area contributed by atoms with Crippen molar-refractivity contribution in [2.45, 2.75) is 20.8 Å². The molecule has 0 saturated carbocycles. The number of halogens is 1. The number of nitrogens with one attached hydrogen (secondary N) is 3. The van der Waals surface area contributed by atoms with Crippen LogP contribution in [0.2, 0.25) is 0 Å². The summed E-state index contributed by atoms with van der Waals surface area (Å²) in [5.41, 5.74) is 2.87. The van der Waals surface area contributed by atoms with Gasteiger partial charge in [0.2, 0.25) is 5.91 Å². The van der Waals surface area contributed by atoms with Crippen molar-refractivity contribution in [2.24, 2.45) is 5.92 Å². The zero-order chi connectivity index (χ0) is 19.3. The number of benzene rings is 2. The molecule has 0 saturated heterocycles. The fourth-order valence-corrected chi connectivity index (χ4v) is 2.62. The predicted octanol–water partition coefficient (Wildman–Crippen LogP) is 4.48. The van der Waals surface area contributed by atoms with Crippen LogP contribution in [0, 0.1) is 12.8 Å². The second-order valence-electron chi connectivity index (χ2n) is 6.10. The van der Waals surface area contributed by atoms with Crippen molar-refractivity contribution in [3.05, 3.63) is 58.1 Å². The van der Waals surface area contributed by atoms with Gasteiger partial charge in [-0.1, -0.05) is 41.9 Å². The van der Waals surface area contributed by atoms with Gasteiger partial charge in [0.15, 0.2) is 5.11 Å². The molecule has 2 aromatic rings. The molecule has 0 unspecified atom stereocenters. The largest absolute Gasteiger partial charge is 0.332 e. The Balaban J connectivity index is 2.00. The molecule has 7 heteroatoms. The number of hydrogen-bond acceptors (Lipinski definition) is 3. The van der Waals surface area contributed by atoms with Gasteiger partial charge in [-0.25, -0.2) is 0 Å². The van der Waals surface area contributed by atoms with Crippen LogP contribution in [0.4, 0.5) is 11.4 Å². The van der Waals surface area contributed by atoms with E-state index in [0.29, 0.717) is 16.9 Å². The highest BCUT2D eigenvalue weighted by atomic mass is 79.9. The van der Waals surface area contributed by atoms with Crippen molar-refractivity contribution >= 4 is 56.4 Å². The summed E-state index contributed by atoms with van der Waals surface area (Å²) >= 11 is 8.61. The van der Waals surface area contributed by atoms with Crippen LogP contribution in [0.3, 0.4) is 0 Å². The minimum absolute atomic E-state index is 0.0667. The third-order valence-electron chi connectivity index (χ3n) is 3.57. The summed E-state index contributed by atoms with van der Waals surface area (Å²) in [5, 5.41) is 8.59. The highest BCUT2D eigenvalue weighted by Crippen LogP contribution is 2.18. The van der Waals surface area contributed by atoms with E-state index in [1.165, 1.54) is 0 Å². The molecule has 2 aromatic carbocycles. The van der Waals surface area contributed by atoms with Gasteiger partial charge in [0.05, 0.1) is 0 Å². The normalized spacial score (nSPS) is 10.3. The summed E-state index contributed by atoms with van der Waals surface area (Å²) < 4.78 is 0.859. The van der Waals surface area contributed by atoms with Gasteiger partial charge in [0.1, 0.15) is 0 Å². The van der Waals surface area contributed by atoms with E-state index in [0.717, 1.165) is 10.0 Å². The van der Waals surface area contributed by atoms with Crippen LogP contribution in [0.1, 0.15) is 29.8 Å². The smallest absolute Gasteiger partial charge is 0.257 e. The lowest BCUT2D eigenvalue weighted by molar-refractivity contribution is -0.118. The SMILES string of the molecule is Cc1ccc(C(=O)NC(=S)Nc2cccc(NC(=O)C(C)C)c2)cc1Br. The van der Waals surface area contributed by atoms with Crippen LogP contribution >= 0.6 is 28.1 Å². The lowest BCUT2D eigenvalue weighted by Gasteiger charge is -2.12. The van der Waals surface area contributed by atoms with E-state index in [2.05, 4.69) is 31.9 Å². The predicted molar refractivity (Wildman–Crippen MR) is 112 cm³/mol. The first-order valence-electron chi connectivity index (χ1n) is 8.05. The lowest BCUT2D eigenvalue weighted by Crippen LogP contribution is -2.34. The topological polar surface area (TPSA) is 70.2 Å². The van der Waals surface area contributed by atoms with Crippen LogP contribution in [0.25, 0.3) is 0 Å². The third kappa shape index (κ3) is 5.64. The molecule has 2 rings (SSSR count). The molecule has 0 spiro atoms. The Morgan fingerprint density at radius 3 is 2.31 bits per heavy atom. The van der Waals surface area contributed by atoms with Crippen molar-refractivity contribution in [3.63, 3.8) is 0 Å². The zero-order valence-corrected chi connectivity index (χ0v) is 17.1. The van der Waals surface area contributed by atoms with E-state index in [1.54, 1.807) is 36.4 Å². The number of carbonyl (C=O) groups excluding carboxylic acids is 2. The fraction of sp³-hybridized carbons (Fsp3) is 0.211. The maximum absolute atomic E-state index is 12.3. The minimum Gasteiger partial charge on any atom is -0.332 e. The lowest BCUT2D eigenvalue weighted by atomic mass is 10.1. The molecule has 0 heterocycles. The van der Waals surface area contributed by atoms with E-state index >= 15 is 0 Å². The average molecular weight is 434 g/mol. The third-order valence-corrected chi connectivity index (χ3v) is 4.63. The van der Waals surface area contributed by atoms with E-state index in [1.807, 2.05) is 26.8 Å². The zero-order valence-electron chi connectivity index (χ0n) is 14.7. The molecule has 0 atom stereocenters. The quantitative estimate of drug-likeness (QED) is 0.621. The van der Waals surface area contributed by atoms with Gasteiger partial charge in [0.25, 0.3) is 5.91 Å². The Kier molecular flexibility index (Phi) is 6.88. The Hall–Kier alpha value is -2.25. The molecule has 0 bridgehead atoms. The first kappa shape index (κ1) is 20.1. The number of thiocarbonyl (C=S) groups is 1. The van der Waals surface area contributed by atoms with Gasteiger partial charge >= 0.3 is 0 Å². The number of aryl methyl sites for hydroxylation is 1. The van der Waals surface area contributed by atoms with E-state index in [4.69, 9.17) is 12.2 Å². The van der Waals surface area contributed by atoms with Crippen LogP contribution in [-0.2, 0) is 4.79 Å². The van der Waals surface area contributed by atoms with Crippen molar-refractivity contribution in [3.8, 4) is 0 Å². The molecule has 0 radical (unpaired) electrons. The van der Waals surface area contributed by atoms with Crippen molar-refractivity contribution in [1.29, 1.82) is 0 Å². The molecule has 2 amide bonds. The van der Waals surface area contributed by atoms with Crippen LogP contribution < -0.4 is 16.0 Å². The van der Waals surface area contributed by atoms with Crippen molar-refractivity contribution in [2.75, 3.05) is 10.6 Å². The van der Waals surface area contributed by atoms with Crippen LogP contribution in [-0.4, -0.2) is 16.9 Å². The highest BCUT2D eigenvalue weighted by Gasteiger charge is 2.10. The first-order chi connectivity index (χ1) is 12.3. The molecule has 3 N–H and O–H groups in total. The Morgan fingerprint density at radius 2 is 1.69 bits per heavy atom. The minimum atomic E-state index is -0.299. The van der Waals surface area contributed by atoms with Gasteiger partial charge in [0, 0.05) is 27.3 Å². The molecule has 26 heavy (non-hydrogen) atoms. The summed E-state index contributed by atoms with van der Waals surface area (Å²) in [7, 11) is 0. The van der Waals surface area contributed by atoms with Crippen molar-refractivity contribution < 1.29 is 9.59 Å². The number of rotatable bonds is 4. The Bertz CT molecular complexity index is 852. The summed E-state index contributed by atoms with van der Waals surface area (Å²) in [6.07, 6.45) is 0. The van der Waals surface area contributed by atoms with Gasteiger partial charge < -0.3 is 10.6 Å². The summed E-state index contributed by atoms with van der Waals surface area (Å²) in [6.45, 7) is 5.60. The van der Waals surface area contributed by atoms with E-state index < -0.39 is 0 Å². The van der Waals surface area contributed by atoms with Crippen LogP contribution in [0.5, 0.6) is 0 Å². The van der Waals surface area contributed by atoms with Crippen LogP contribution in [0.15, 0.2) is 46.9 Å². The summed E-state index contributed by atoms with van der Waals surface area (Å²) in [4.78, 5) is 24.1. The highest BCUT2D eigenvalue weighted by molar-refractivity contribution is 9.10. The number of hydrogen-bond donors (Lipinski definition) is 3. The van der Waals surface area contributed by atoms with E-state index in [9.17, 15) is 9.59 Å². The maximum Gasteiger partial charge on any atom is 0.257 e. The van der Waals surface area contributed by atoms with Gasteiger partial charge in [-0.15, -0.1) is 0 Å². The molecule has 136 valence electrons. The van der Waals surface area contributed by atoms with Gasteiger partial charge in [-0.3, -0.25) is 14.9 Å². The standard InChI is InChI=1S/C19H20BrN3O2S/c1-11(2)17(24)21-14-5-4-6-15(10-14)22-19(26)23-18(25)13-8-7-12(3)16(20)9-13/h4-11H,1-3H3,(H,21,24)(H2,22,23,25,26). The number of anilines is 2. The molecule has 5 nitrogen and oxygen atoms in total. The van der Waals surface area contributed by atoms with Gasteiger partial charge in [-0.05, 0) is 55.0 Å². The summed E-state index contributed by atoms with van der Waals surface area (Å²) in [6, 6.07) is 12.5. The van der Waals surface area contributed by atoms with E-state index in [-0.39, 0.29) is 22.8 Å². The Morgan fingerprint density at radius 1 is 1.04 bits per heavy atom. The number of amides is 2. The monoisotopic (exact) mass is 433 g/mol. The average Bonchev–Trinajstić information content (AvgIpc) is 2.57. The number of carbonyl (C=O) groups is 2. The summed E-state index contributed by atoms with van der Waals surface area (Å²) in [5.74, 6) is -0.476. The second kappa shape index (κ2) is 8.91. The Labute approximate surface area is 166 Å². The van der Waals surface area contributed by atoms with Gasteiger partial charge in [-0.2, -0.15) is 0 Å². The molecule has 0 aromatic heterocycles. The molecule has 0 aliphatic carbocycles. The fourth-order valence-electron chi connectivity index (χ4n) is 2.03.